The Labute approximate surface area is 103 Å². The molecule has 16 heavy (non-hydrogen) atoms. The Hall–Kier alpha value is -0.220. The van der Waals surface area contributed by atoms with Crippen molar-refractivity contribution in [2.24, 2.45) is 5.73 Å². The summed E-state index contributed by atoms with van der Waals surface area (Å²) in [5.41, 5.74) is 5.64. The third-order valence-corrected chi connectivity index (χ3v) is 3.91. The van der Waals surface area contributed by atoms with Crippen LogP contribution in [0.15, 0.2) is 0 Å². The van der Waals surface area contributed by atoms with Crippen molar-refractivity contribution in [2.45, 2.75) is 57.5 Å². The fourth-order valence-electron chi connectivity index (χ4n) is 1.95. The van der Waals surface area contributed by atoms with Crippen molar-refractivity contribution in [3.05, 3.63) is 0 Å². The van der Waals surface area contributed by atoms with Gasteiger partial charge in [0.15, 0.2) is 0 Å². The molecule has 1 aliphatic carbocycles. The van der Waals surface area contributed by atoms with Crippen molar-refractivity contribution >= 4 is 17.7 Å². The van der Waals surface area contributed by atoms with Crippen molar-refractivity contribution in [1.82, 2.24) is 5.32 Å². The number of carbonyl (C=O) groups excluding carboxylic acids is 1. The molecule has 3 nitrogen and oxygen atoms in total. The molecule has 0 spiro atoms. The Kier molecular flexibility index (Phi) is 6.88. The summed E-state index contributed by atoms with van der Waals surface area (Å²) in [6.07, 6.45) is 7.18. The van der Waals surface area contributed by atoms with E-state index < -0.39 is 0 Å². The fraction of sp³-hybridized carbons (Fsp3) is 0.917. The molecule has 0 radical (unpaired) electrons. The predicted molar refractivity (Wildman–Crippen MR) is 70.6 cm³/mol. The highest BCUT2D eigenvalue weighted by molar-refractivity contribution is 7.99. The summed E-state index contributed by atoms with van der Waals surface area (Å²) in [5.74, 6) is 1.76. The Morgan fingerprint density at radius 1 is 1.44 bits per heavy atom. The molecule has 1 aliphatic rings. The summed E-state index contributed by atoms with van der Waals surface area (Å²) in [6.45, 7) is 2.00. The molecule has 4 heteroatoms. The number of nitrogens with two attached hydrogens (primary N) is 1. The summed E-state index contributed by atoms with van der Waals surface area (Å²) < 4.78 is 0. The van der Waals surface area contributed by atoms with Gasteiger partial charge in [0.2, 0.25) is 5.91 Å². The average molecular weight is 244 g/mol. The standard InChI is InChI=1S/C12H24N2OS/c1-10(13)7-8-16-9-12(15)14-11-5-3-2-4-6-11/h10-11H,2-9,13H2,1H3,(H,14,15). The predicted octanol–water partition coefficient (Wildman–Crippen LogP) is 1.91. The summed E-state index contributed by atoms with van der Waals surface area (Å²) in [6, 6.07) is 0.684. The van der Waals surface area contributed by atoms with Crippen molar-refractivity contribution in [1.29, 1.82) is 0 Å². The van der Waals surface area contributed by atoms with Crippen LogP contribution in [0.2, 0.25) is 0 Å². The molecule has 0 aliphatic heterocycles. The molecule has 0 heterocycles. The molecule has 1 rings (SSSR count). The summed E-state index contributed by atoms with van der Waals surface area (Å²) in [4.78, 5) is 11.6. The highest BCUT2D eigenvalue weighted by Gasteiger charge is 2.15. The third-order valence-electron chi connectivity index (χ3n) is 2.92. The SMILES string of the molecule is CC(N)CCSCC(=O)NC1CCCCC1. The van der Waals surface area contributed by atoms with E-state index in [1.807, 2.05) is 6.92 Å². The van der Waals surface area contributed by atoms with E-state index in [0.717, 1.165) is 25.0 Å². The Balaban J connectivity index is 2.01. The molecule has 1 saturated carbocycles. The molecule has 1 amide bonds. The van der Waals surface area contributed by atoms with E-state index in [1.165, 1.54) is 19.3 Å². The molecule has 0 aromatic rings. The van der Waals surface area contributed by atoms with E-state index in [1.54, 1.807) is 11.8 Å². The topological polar surface area (TPSA) is 55.1 Å². The van der Waals surface area contributed by atoms with Crippen LogP contribution < -0.4 is 11.1 Å². The Morgan fingerprint density at radius 3 is 2.75 bits per heavy atom. The molecule has 94 valence electrons. The van der Waals surface area contributed by atoms with Crippen molar-refractivity contribution in [3.63, 3.8) is 0 Å². The smallest absolute Gasteiger partial charge is 0.230 e. The number of hydrogen-bond donors (Lipinski definition) is 2. The van der Waals surface area contributed by atoms with E-state index in [4.69, 9.17) is 5.73 Å². The lowest BCUT2D eigenvalue weighted by Crippen LogP contribution is -2.37. The quantitative estimate of drug-likeness (QED) is 0.702. The van der Waals surface area contributed by atoms with Crippen LogP contribution in [0.4, 0.5) is 0 Å². The van der Waals surface area contributed by atoms with E-state index in [9.17, 15) is 4.79 Å². The van der Waals surface area contributed by atoms with Gasteiger partial charge >= 0.3 is 0 Å². The van der Waals surface area contributed by atoms with Crippen LogP contribution in [0, 0.1) is 0 Å². The van der Waals surface area contributed by atoms with Gasteiger partial charge in [0.25, 0.3) is 0 Å². The van der Waals surface area contributed by atoms with Gasteiger partial charge in [-0.15, -0.1) is 0 Å². The molecule has 1 fully saturated rings. The second-order valence-electron chi connectivity index (χ2n) is 4.72. The maximum atomic E-state index is 11.6. The Bertz CT molecular complexity index is 203. The van der Waals surface area contributed by atoms with Crippen LogP contribution in [0.25, 0.3) is 0 Å². The molecule has 0 saturated heterocycles. The van der Waals surface area contributed by atoms with Gasteiger partial charge in [0.1, 0.15) is 0 Å². The van der Waals surface area contributed by atoms with Crippen LogP contribution in [0.3, 0.4) is 0 Å². The number of hydrogen-bond acceptors (Lipinski definition) is 3. The first-order valence-electron chi connectivity index (χ1n) is 6.31. The van der Waals surface area contributed by atoms with Crippen molar-refractivity contribution < 1.29 is 4.79 Å². The molecule has 0 aromatic carbocycles. The summed E-state index contributed by atoms with van der Waals surface area (Å²) >= 11 is 1.69. The van der Waals surface area contributed by atoms with Gasteiger partial charge in [-0.2, -0.15) is 11.8 Å². The zero-order valence-electron chi connectivity index (χ0n) is 10.2. The van der Waals surface area contributed by atoms with Crippen LogP contribution in [-0.2, 0) is 4.79 Å². The first-order valence-corrected chi connectivity index (χ1v) is 7.46. The molecule has 1 unspecified atom stereocenters. The average Bonchev–Trinajstić information content (AvgIpc) is 2.25. The first-order chi connectivity index (χ1) is 7.68. The molecule has 0 bridgehead atoms. The van der Waals surface area contributed by atoms with Gasteiger partial charge in [-0.3, -0.25) is 4.79 Å². The van der Waals surface area contributed by atoms with Crippen molar-refractivity contribution in [3.8, 4) is 0 Å². The maximum absolute atomic E-state index is 11.6. The van der Waals surface area contributed by atoms with E-state index in [-0.39, 0.29) is 11.9 Å². The fourth-order valence-corrected chi connectivity index (χ4v) is 2.90. The second kappa shape index (κ2) is 7.96. The van der Waals surface area contributed by atoms with Gasteiger partial charge in [-0.1, -0.05) is 19.3 Å². The molecular formula is C12H24N2OS. The monoisotopic (exact) mass is 244 g/mol. The summed E-state index contributed by atoms with van der Waals surface area (Å²) in [5, 5.41) is 3.12. The van der Waals surface area contributed by atoms with E-state index >= 15 is 0 Å². The number of rotatable bonds is 6. The largest absolute Gasteiger partial charge is 0.353 e. The minimum Gasteiger partial charge on any atom is -0.353 e. The van der Waals surface area contributed by atoms with Crippen LogP contribution >= 0.6 is 11.8 Å². The Morgan fingerprint density at radius 2 is 2.12 bits per heavy atom. The van der Waals surface area contributed by atoms with Gasteiger partial charge in [0, 0.05) is 12.1 Å². The number of thioether (sulfide) groups is 1. The van der Waals surface area contributed by atoms with Gasteiger partial charge < -0.3 is 11.1 Å². The molecular weight excluding hydrogens is 220 g/mol. The van der Waals surface area contributed by atoms with E-state index in [2.05, 4.69) is 5.32 Å². The molecule has 3 N–H and O–H groups in total. The van der Waals surface area contributed by atoms with E-state index in [0.29, 0.717) is 11.8 Å². The minimum atomic E-state index is 0.196. The number of amides is 1. The maximum Gasteiger partial charge on any atom is 0.230 e. The first kappa shape index (κ1) is 13.8. The zero-order valence-corrected chi connectivity index (χ0v) is 11.0. The van der Waals surface area contributed by atoms with Gasteiger partial charge in [-0.05, 0) is 31.9 Å². The molecule has 1 atom stereocenters. The lowest BCUT2D eigenvalue weighted by Gasteiger charge is -2.22. The highest BCUT2D eigenvalue weighted by Crippen LogP contribution is 2.17. The minimum absolute atomic E-state index is 0.196. The number of nitrogens with one attached hydrogen (secondary N) is 1. The van der Waals surface area contributed by atoms with Crippen LogP contribution in [0.5, 0.6) is 0 Å². The number of carbonyl (C=O) groups is 1. The lowest BCUT2D eigenvalue weighted by atomic mass is 9.95. The summed E-state index contributed by atoms with van der Waals surface area (Å²) in [7, 11) is 0. The zero-order chi connectivity index (χ0) is 11.8. The molecule has 0 aromatic heterocycles. The lowest BCUT2D eigenvalue weighted by molar-refractivity contribution is -0.119. The second-order valence-corrected chi connectivity index (χ2v) is 5.83. The van der Waals surface area contributed by atoms with Gasteiger partial charge in [-0.25, -0.2) is 0 Å². The van der Waals surface area contributed by atoms with Crippen LogP contribution in [-0.4, -0.2) is 29.5 Å². The van der Waals surface area contributed by atoms with Crippen molar-refractivity contribution in [2.75, 3.05) is 11.5 Å². The highest BCUT2D eigenvalue weighted by atomic mass is 32.2. The van der Waals surface area contributed by atoms with Crippen LogP contribution in [0.1, 0.15) is 45.4 Å². The normalized spacial score (nSPS) is 19.4. The third kappa shape index (κ3) is 6.38. The van der Waals surface area contributed by atoms with Gasteiger partial charge in [0.05, 0.1) is 5.75 Å².